The van der Waals surface area contributed by atoms with Gasteiger partial charge in [-0.2, -0.15) is 0 Å². The van der Waals surface area contributed by atoms with Crippen LogP contribution in [-0.4, -0.2) is 47.7 Å². The number of urea groups is 1. The fraction of sp³-hybridized carbons (Fsp3) is 0.296. The number of carbonyl (C=O) groups excluding carboxylic acids is 1. The molecule has 0 aliphatic carbocycles. The smallest absolute Gasteiger partial charge is 0.323 e. The van der Waals surface area contributed by atoms with Crippen LogP contribution in [0.4, 0.5) is 10.6 Å². The zero-order chi connectivity index (χ0) is 23.8. The Bertz CT molecular complexity index is 1120. The number of nitrogens with one attached hydrogen (secondary N) is 1. The predicted molar refractivity (Wildman–Crippen MR) is 133 cm³/mol. The summed E-state index contributed by atoms with van der Waals surface area (Å²) >= 11 is 0. The minimum atomic E-state index is -0.167. The van der Waals surface area contributed by atoms with Crippen molar-refractivity contribution >= 4 is 17.9 Å². The Morgan fingerprint density at radius 3 is 2.74 bits per heavy atom. The summed E-state index contributed by atoms with van der Waals surface area (Å²) < 4.78 is 11.0. The highest BCUT2D eigenvalue weighted by Crippen LogP contribution is 2.26. The summed E-state index contributed by atoms with van der Waals surface area (Å²) in [7, 11) is 1.53. The van der Waals surface area contributed by atoms with Crippen molar-refractivity contribution in [1.82, 2.24) is 14.9 Å². The van der Waals surface area contributed by atoms with Gasteiger partial charge in [0.2, 0.25) is 5.88 Å². The molecule has 176 valence electrons. The molecule has 1 N–H and O–H groups in total. The van der Waals surface area contributed by atoms with Crippen LogP contribution in [0.2, 0.25) is 0 Å². The van der Waals surface area contributed by atoms with Gasteiger partial charge in [0.1, 0.15) is 5.75 Å². The average molecular weight is 459 g/mol. The minimum absolute atomic E-state index is 0.167. The lowest BCUT2D eigenvalue weighted by atomic mass is 9.91. The summed E-state index contributed by atoms with van der Waals surface area (Å²) in [4.78, 5) is 22.7. The number of ether oxygens (including phenoxy) is 2. The Balaban J connectivity index is 1.31. The molecular formula is C27H30N4O3. The second kappa shape index (κ2) is 11.3. The highest BCUT2D eigenvalue weighted by Gasteiger charge is 2.24. The number of piperidine rings is 1. The van der Waals surface area contributed by atoms with Crippen LogP contribution < -0.4 is 14.8 Å². The van der Waals surface area contributed by atoms with Gasteiger partial charge in [0, 0.05) is 19.5 Å². The van der Waals surface area contributed by atoms with Crippen molar-refractivity contribution in [1.29, 1.82) is 0 Å². The first kappa shape index (κ1) is 23.3. The summed E-state index contributed by atoms with van der Waals surface area (Å²) in [6, 6.07) is 18.4. The van der Waals surface area contributed by atoms with Crippen molar-refractivity contribution in [2.24, 2.45) is 5.92 Å². The Hall–Kier alpha value is -3.87. The molecule has 1 fully saturated rings. The second-order valence-electron chi connectivity index (χ2n) is 8.35. The molecule has 1 aliphatic rings. The lowest BCUT2D eigenvalue weighted by Crippen LogP contribution is -2.42. The van der Waals surface area contributed by atoms with Gasteiger partial charge in [0.05, 0.1) is 26.1 Å². The fourth-order valence-electron chi connectivity index (χ4n) is 3.96. The molecule has 34 heavy (non-hydrogen) atoms. The Morgan fingerprint density at radius 1 is 1.15 bits per heavy atom. The van der Waals surface area contributed by atoms with Gasteiger partial charge in [0.25, 0.3) is 0 Å². The van der Waals surface area contributed by atoms with Crippen molar-refractivity contribution in [3.05, 3.63) is 83.7 Å². The molecule has 1 aromatic heterocycles. The van der Waals surface area contributed by atoms with Crippen LogP contribution in [0.15, 0.2) is 72.6 Å². The molecule has 1 aliphatic heterocycles. The molecule has 0 radical (unpaired) electrons. The number of amides is 2. The molecule has 2 aromatic carbocycles. The van der Waals surface area contributed by atoms with Gasteiger partial charge in [-0.3, -0.25) is 5.32 Å². The monoisotopic (exact) mass is 458 g/mol. The topological polar surface area (TPSA) is 76.6 Å². The molecule has 2 amide bonds. The summed E-state index contributed by atoms with van der Waals surface area (Å²) in [5.41, 5.74) is 3.71. The van der Waals surface area contributed by atoms with Crippen molar-refractivity contribution in [3.63, 3.8) is 0 Å². The molecule has 1 saturated heterocycles. The SMILES string of the molecule is COc1cnc(NC(=O)N2CCC(=Cc3cccc(OCCc4ccccc4)c3)C(C)C2)cn1. The van der Waals surface area contributed by atoms with Crippen LogP contribution in [0.1, 0.15) is 24.5 Å². The lowest BCUT2D eigenvalue weighted by molar-refractivity contribution is 0.197. The van der Waals surface area contributed by atoms with E-state index in [9.17, 15) is 4.79 Å². The standard InChI is InChI=1S/C27H30N4O3/c1-20-19-31(27(32)30-25-17-29-26(33-2)18-28-25)13-11-23(20)15-22-9-6-10-24(16-22)34-14-12-21-7-4-3-5-8-21/h3-10,15-18,20H,11-14,19H2,1-2H3,(H,28,30,32). The van der Waals surface area contributed by atoms with Gasteiger partial charge in [-0.25, -0.2) is 14.8 Å². The Morgan fingerprint density at radius 2 is 2.00 bits per heavy atom. The van der Waals surface area contributed by atoms with E-state index in [1.807, 2.05) is 35.2 Å². The normalized spacial score (nSPS) is 16.8. The molecule has 7 nitrogen and oxygen atoms in total. The van der Waals surface area contributed by atoms with Crippen LogP contribution in [0, 0.1) is 5.92 Å². The van der Waals surface area contributed by atoms with E-state index < -0.39 is 0 Å². The zero-order valence-electron chi connectivity index (χ0n) is 19.6. The Labute approximate surface area is 200 Å². The average Bonchev–Trinajstić information content (AvgIpc) is 2.86. The number of hydrogen-bond acceptors (Lipinski definition) is 5. The predicted octanol–water partition coefficient (Wildman–Crippen LogP) is 5.06. The molecular weight excluding hydrogens is 428 g/mol. The first-order valence-electron chi connectivity index (χ1n) is 11.5. The van der Waals surface area contributed by atoms with Crippen LogP contribution in [0.25, 0.3) is 6.08 Å². The highest BCUT2D eigenvalue weighted by molar-refractivity contribution is 5.88. The van der Waals surface area contributed by atoms with Crippen molar-refractivity contribution in [2.75, 3.05) is 32.1 Å². The van der Waals surface area contributed by atoms with Crippen molar-refractivity contribution in [3.8, 4) is 11.6 Å². The van der Waals surface area contributed by atoms with Crippen molar-refractivity contribution < 1.29 is 14.3 Å². The number of aromatic nitrogens is 2. The van der Waals surface area contributed by atoms with E-state index >= 15 is 0 Å². The molecule has 0 spiro atoms. The summed E-state index contributed by atoms with van der Waals surface area (Å²) in [5, 5.41) is 2.81. The number of likely N-dealkylation sites (tertiary alicyclic amines) is 1. The van der Waals surface area contributed by atoms with Gasteiger partial charge < -0.3 is 14.4 Å². The lowest BCUT2D eigenvalue weighted by Gasteiger charge is -2.33. The van der Waals surface area contributed by atoms with Gasteiger partial charge in [-0.1, -0.05) is 61.0 Å². The molecule has 7 heteroatoms. The molecule has 3 aromatic rings. The van der Waals surface area contributed by atoms with Gasteiger partial charge in [-0.15, -0.1) is 0 Å². The quantitative estimate of drug-likeness (QED) is 0.535. The summed E-state index contributed by atoms with van der Waals surface area (Å²) in [6.45, 7) is 4.09. The van der Waals surface area contributed by atoms with Crippen LogP contribution >= 0.6 is 0 Å². The van der Waals surface area contributed by atoms with E-state index in [0.29, 0.717) is 31.4 Å². The third-order valence-corrected chi connectivity index (χ3v) is 5.87. The maximum Gasteiger partial charge on any atom is 0.323 e. The zero-order valence-corrected chi connectivity index (χ0v) is 19.6. The number of hydrogen-bond donors (Lipinski definition) is 1. The highest BCUT2D eigenvalue weighted by atomic mass is 16.5. The third kappa shape index (κ3) is 6.34. The number of carbonyl (C=O) groups is 1. The molecule has 0 saturated carbocycles. The van der Waals surface area contributed by atoms with Crippen LogP contribution in [0.3, 0.4) is 0 Å². The largest absolute Gasteiger partial charge is 0.493 e. The van der Waals surface area contributed by atoms with Gasteiger partial charge in [-0.05, 0) is 35.6 Å². The van der Waals surface area contributed by atoms with Crippen molar-refractivity contribution in [2.45, 2.75) is 19.8 Å². The molecule has 1 atom stereocenters. The minimum Gasteiger partial charge on any atom is -0.493 e. The summed E-state index contributed by atoms with van der Waals surface area (Å²) in [5.74, 6) is 1.94. The number of methoxy groups -OCH3 is 1. The number of nitrogens with zero attached hydrogens (tertiary/aromatic N) is 3. The molecule has 0 bridgehead atoms. The van der Waals surface area contributed by atoms with E-state index in [4.69, 9.17) is 9.47 Å². The number of anilines is 1. The van der Waals surface area contributed by atoms with E-state index in [2.05, 4.69) is 52.5 Å². The number of benzene rings is 2. The number of rotatable bonds is 7. The van der Waals surface area contributed by atoms with E-state index in [-0.39, 0.29) is 11.9 Å². The summed E-state index contributed by atoms with van der Waals surface area (Å²) in [6.07, 6.45) is 6.89. The molecule has 1 unspecified atom stereocenters. The first-order valence-corrected chi connectivity index (χ1v) is 11.5. The molecule has 2 heterocycles. The Kier molecular flexibility index (Phi) is 7.75. The second-order valence-corrected chi connectivity index (χ2v) is 8.35. The van der Waals surface area contributed by atoms with E-state index in [0.717, 1.165) is 24.2 Å². The third-order valence-electron chi connectivity index (χ3n) is 5.87. The van der Waals surface area contributed by atoms with Gasteiger partial charge >= 0.3 is 6.03 Å². The van der Waals surface area contributed by atoms with Crippen LogP contribution in [0.5, 0.6) is 11.6 Å². The fourth-order valence-corrected chi connectivity index (χ4v) is 3.96. The molecule has 4 rings (SSSR count). The first-order chi connectivity index (χ1) is 16.6. The van der Waals surface area contributed by atoms with E-state index in [1.54, 1.807) is 0 Å². The maximum absolute atomic E-state index is 12.7. The maximum atomic E-state index is 12.7. The van der Waals surface area contributed by atoms with Gasteiger partial charge in [0.15, 0.2) is 5.82 Å². The van der Waals surface area contributed by atoms with Crippen LogP contribution in [-0.2, 0) is 6.42 Å². The van der Waals surface area contributed by atoms with E-state index in [1.165, 1.54) is 30.6 Å².